The van der Waals surface area contributed by atoms with Gasteiger partial charge in [-0.25, -0.2) is 13.1 Å². The third kappa shape index (κ3) is 5.14. The molecule has 0 saturated carbocycles. The lowest BCUT2D eigenvalue weighted by Gasteiger charge is -2.10. The van der Waals surface area contributed by atoms with Gasteiger partial charge in [0.05, 0.1) is 4.90 Å². The highest BCUT2D eigenvalue weighted by molar-refractivity contribution is 7.89. The van der Waals surface area contributed by atoms with Crippen molar-refractivity contribution in [3.8, 4) is 0 Å². The Morgan fingerprint density at radius 3 is 2.42 bits per heavy atom. The average molecular weight is 301 g/mol. The minimum Gasteiger partial charge on any atom is -0.362 e. The van der Waals surface area contributed by atoms with Crippen LogP contribution < -0.4 is 15.4 Å². The first kappa shape index (κ1) is 15.9. The topological polar surface area (TPSA) is 70.2 Å². The molecule has 7 heteroatoms. The van der Waals surface area contributed by atoms with Gasteiger partial charge in [-0.3, -0.25) is 0 Å². The van der Waals surface area contributed by atoms with E-state index < -0.39 is 10.0 Å². The zero-order valence-corrected chi connectivity index (χ0v) is 12.7. The van der Waals surface area contributed by atoms with E-state index in [1.54, 1.807) is 12.1 Å². The van der Waals surface area contributed by atoms with Gasteiger partial charge < -0.3 is 10.6 Å². The molecule has 19 heavy (non-hydrogen) atoms. The van der Waals surface area contributed by atoms with Crippen LogP contribution in [0.4, 0.5) is 5.69 Å². The zero-order valence-electron chi connectivity index (χ0n) is 11.1. The molecule has 0 aliphatic carbocycles. The lowest BCUT2D eigenvalue weighted by Crippen LogP contribution is -2.29. The van der Waals surface area contributed by atoms with E-state index in [-0.39, 0.29) is 4.90 Å². The summed E-state index contributed by atoms with van der Waals surface area (Å²) < 4.78 is 25.3. The van der Waals surface area contributed by atoms with Crippen LogP contribution in [0.5, 0.6) is 0 Å². The molecule has 106 valence electrons. The van der Waals surface area contributed by atoms with E-state index in [2.05, 4.69) is 22.3 Å². The molecule has 0 atom stereocenters. The summed E-state index contributed by atoms with van der Waals surface area (Å²) in [5.41, 5.74) is 0.754. The first-order valence-electron chi connectivity index (χ1n) is 6.08. The first-order valence-corrected chi connectivity index (χ1v) is 7.97. The van der Waals surface area contributed by atoms with Crippen LogP contribution in [0.1, 0.15) is 19.8 Å². The Labute approximate surface area is 119 Å². The van der Waals surface area contributed by atoms with Crippen molar-refractivity contribution in [2.24, 2.45) is 0 Å². The Bertz CT molecular complexity index is 512. The third-order valence-electron chi connectivity index (χ3n) is 2.51. The molecule has 1 rings (SSSR count). The van der Waals surface area contributed by atoms with Crippen molar-refractivity contribution in [3.05, 3.63) is 24.3 Å². The molecule has 0 aliphatic heterocycles. The number of sulfonamides is 1. The zero-order chi connectivity index (χ0) is 14.3. The van der Waals surface area contributed by atoms with Gasteiger partial charge in [0.25, 0.3) is 0 Å². The lowest BCUT2D eigenvalue weighted by molar-refractivity contribution is 0.588. The molecule has 1 aromatic carbocycles. The van der Waals surface area contributed by atoms with Gasteiger partial charge in [0.15, 0.2) is 5.11 Å². The minimum absolute atomic E-state index is 0.227. The maximum Gasteiger partial charge on any atom is 0.240 e. The highest BCUT2D eigenvalue weighted by atomic mass is 32.2. The van der Waals surface area contributed by atoms with Crippen LogP contribution in [0, 0.1) is 0 Å². The molecule has 0 saturated heterocycles. The molecule has 0 aliphatic rings. The van der Waals surface area contributed by atoms with E-state index in [9.17, 15) is 8.42 Å². The van der Waals surface area contributed by atoms with Gasteiger partial charge in [0, 0.05) is 12.2 Å². The standard InChI is InChI=1S/C12H19N3O2S2/c1-3-4-9-14-12(18)15-10-5-7-11(8-6-10)19(16,17)13-2/h5-8,13H,3-4,9H2,1-2H3,(H2,14,15,18). The van der Waals surface area contributed by atoms with Crippen molar-refractivity contribution in [1.29, 1.82) is 0 Å². The van der Waals surface area contributed by atoms with Gasteiger partial charge in [0.2, 0.25) is 10.0 Å². The van der Waals surface area contributed by atoms with Crippen LogP contribution in [0.2, 0.25) is 0 Å². The predicted octanol–water partition coefficient (Wildman–Crippen LogP) is 1.68. The Balaban J connectivity index is 2.60. The Morgan fingerprint density at radius 1 is 1.26 bits per heavy atom. The second-order valence-electron chi connectivity index (χ2n) is 3.97. The Morgan fingerprint density at radius 2 is 1.89 bits per heavy atom. The van der Waals surface area contributed by atoms with Crippen LogP contribution in [-0.4, -0.2) is 27.1 Å². The summed E-state index contributed by atoms with van der Waals surface area (Å²) >= 11 is 5.13. The van der Waals surface area contributed by atoms with E-state index in [4.69, 9.17) is 12.2 Å². The van der Waals surface area contributed by atoms with Crippen molar-refractivity contribution in [2.75, 3.05) is 18.9 Å². The fourth-order valence-electron chi connectivity index (χ4n) is 1.39. The molecule has 0 radical (unpaired) electrons. The molecule has 0 aromatic heterocycles. The van der Waals surface area contributed by atoms with Crippen molar-refractivity contribution >= 4 is 33.0 Å². The van der Waals surface area contributed by atoms with Crippen LogP contribution in [0.15, 0.2) is 29.2 Å². The Hall–Kier alpha value is -1.18. The molecule has 0 heterocycles. The molecule has 0 amide bonds. The molecule has 0 spiro atoms. The average Bonchev–Trinajstić information content (AvgIpc) is 2.39. The largest absolute Gasteiger partial charge is 0.362 e. The fourth-order valence-corrected chi connectivity index (χ4v) is 2.34. The van der Waals surface area contributed by atoms with Crippen LogP contribution in [0.25, 0.3) is 0 Å². The van der Waals surface area contributed by atoms with Crippen molar-refractivity contribution < 1.29 is 8.42 Å². The van der Waals surface area contributed by atoms with E-state index in [1.165, 1.54) is 19.2 Å². The maximum atomic E-state index is 11.5. The quantitative estimate of drug-likeness (QED) is 0.551. The number of hydrogen-bond donors (Lipinski definition) is 3. The number of unbranched alkanes of at least 4 members (excludes halogenated alkanes) is 1. The highest BCUT2D eigenvalue weighted by Crippen LogP contribution is 2.13. The summed E-state index contributed by atoms with van der Waals surface area (Å²) in [7, 11) is -2.00. The summed E-state index contributed by atoms with van der Waals surface area (Å²) in [6, 6.07) is 6.42. The molecular formula is C12H19N3O2S2. The van der Waals surface area contributed by atoms with Gasteiger partial charge in [0.1, 0.15) is 0 Å². The maximum absolute atomic E-state index is 11.5. The van der Waals surface area contributed by atoms with Crippen molar-refractivity contribution in [1.82, 2.24) is 10.0 Å². The number of anilines is 1. The molecule has 1 aromatic rings. The van der Waals surface area contributed by atoms with Gasteiger partial charge in [-0.15, -0.1) is 0 Å². The molecule has 3 N–H and O–H groups in total. The normalized spacial score (nSPS) is 11.1. The van der Waals surface area contributed by atoms with Crippen LogP contribution in [-0.2, 0) is 10.0 Å². The van der Waals surface area contributed by atoms with Crippen LogP contribution >= 0.6 is 12.2 Å². The SMILES string of the molecule is CCCCNC(=S)Nc1ccc(S(=O)(=O)NC)cc1. The molecule has 0 bridgehead atoms. The number of nitrogens with one attached hydrogen (secondary N) is 3. The third-order valence-corrected chi connectivity index (χ3v) is 4.18. The smallest absolute Gasteiger partial charge is 0.240 e. The van der Waals surface area contributed by atoms with Gasteiger partial charge in [-0.1, -0.05) is 13.3 Å². The monoisotopic (exact) mass is 301 g/mol. The van der Waals surface area contributed by atoms with Crippen molar-refractivity contribution in [2.45, 2.75) is 24.7 Å². The van der Waals surface area contributed by atoms with E-state index in [1.807, 2.05) is 0 Å². The van der Waals surface area contributed by atoms with E-state index >= 15 is 0 Å². The first-order chi connectivity index (χ1) is 8.99. The summed E-state index contributed by atoms with van der Waals surface area (Å²) in [5.74, 6) is 0. The predicted molar refractivity (Wildman–Crippen MR) is 81.8 cm³/mol. The number of benzene rings is 1. The number of rotatable bonds is 6. The molecule has 5 nitrogen and oxygen atoms in total. The second-order valence-corrected chi connectivity index (χ2v) is 6.26. The highest BCUT2D eigenvalue weighted by Gasteiger charge is 2.10. The molecule has 0 fully saturated rings. The van der Waals surface area contributed by atoms with Gasteiger partial charge >= 0.3 is 0 Å². The number of hydrogen-bond acceptors (Lipinski definition) is 3. The van der Waals surface area contributed by atoms with E-state index in [0.29, 0.717) is 5.11 Å². The van der Waals surface area contributed by atoms with Crippen LogP contribution in [0.3, 0.4) is 0 Å². The summed E-state index contributed by atoms with van der Waals surface area (Å²) in [5, 5.41) is 6.62. The van der Waals surface area contributed by atoms with Gasteiger partial charge in [-0.05, 0) is 50.0 Å². The summed E-state index contributed by atoms with van der Waals surface area (Å²) in [4.78, 5) is 0.227. The minimum atomic E-state index is -3.39. The molecular weight excluding hydrogens is 282 g/mol. The van der Waals surface area contributed by atoms with Gasteiger partial charge in [-0.2, -0.15) is 0 Å². The second kappa shape index (κ2) is 7.42. The Kier molecular flexibility index (Phi) is 6.20. The summed E-state index contributed by atoms with van der Waals surface area (Å²) in [6.07, 6.45) is 2.16. The lowest BCUT2D eigenvalue weighted by atomic mass is 10.3. The molecule has 0 unspecified atom stereocenters. The number of thiocarbonyl (C=S) groups is 1. The van der Waals surface area contributed by atoms with Crippen molar-refractivity contribution in [3.63, 3.8) is 0 Å². The fraction of sp³-hybridized carbons (Fsp3) is 0.417. The van der Waals surface area contributed by atoms with E-state index in [0.717, 1.165) is 25.1 Å². The summed E-state index contributed by atoms with van der Waals surface area (Å²) in [6.45, 7) is 2.94.